The molecule has 0 aliphatic heterocycles. The van der Waals surface area contributed by atoms with Gasteiger partial charge in [0.25, 0.3) is 6.54 Å². The van der Waals surface area contributed by atoms with Gasteiger partial charge >= 0.3 is 6.07 Å². The first kappa shape index (κ1) is 16.1. The third-order valence-electron chi connectivity index (χ3n) is 3.66. The lowest BCUT2D eigenvalue weighted by Gasteiger charge is -2.05. The quantitative estimate of drug-likeness (QED) is 0.749. The number of hydrogen-bond acceptors (Lipinski definition) is 1. The Balaban J connectivity index is 1.87. The Bertz CT molecular complexity index is 622. The van der Waals surface area contributed by atoms with Gasteiger partial charge in [-0.1, -0.05) is 55.0 Å². The normalized spacial score (nSPS) is 15.3. The van der Waals surface area contributed by atoms with Gasteiger partial charge in [-0.2, -0.15) is 0 Å². The van der Waals surface area contributed by atoms with Gasteiger partial charge in [0.2, 0.25) is 0 Å². The smallest absolute Gasteiger partial charge is 0.311 e. The van der Waals surface area contributed by atoms with Crippen molar-refractivity contribution in [3.05, 3.63) is 69.7 Å². The second-order valence-electron chi connectivity index (χ2n) is 5.64. The molecule has 22 heavy (non-hydrogen) atoms. The summed E-state index contributed by atoms with van der Waals surface area (Å²) >= 11 is 0. The maximum Gasteiger partial charge on any atom is 0.311 e. The van der Waals surface area contributed by atoms with Crippen LogP contribution < -0.4 is 5.73 Å². The SMILES string of the molecule is CCCCCC[N+]#Cc1ccc(C=C2C=CC(N)=CC2)cc1. The summed E-state index contributed by atoms with van der Waals surface area (Å²) in [5.41, 5.74) is 10.1. The van der Waals surface area contributed by atoms with Gasteiger partial charge in [-0.05, 0) is 42.2 Å². The van der Waals surface area contributed by atoms with E-state index < -0.39 is 0 Å². The molecule has 0 heterocycles. The molecular formula is C20H25N2+. The van der Waals surface area contributed by atoms with Gasteiger partial charge < -0.3 is 5.73 Å². The lowest BCUT2D eigenvalue weighted by Crippen LogP contribution is -1.96. The lowest BCUT2D eigenvalue weighted by atomic mass is 10.0. The van der Waals surface area contributed by atoms with Crippen LogP contribution in [0.2, 0.25) is 0 Å². The maximum atomic E-state index is 5.72. The van der Waals surface area contributed by atoms with Crippen LogP contribution in [-0.2, 0) is 0 Å². The van der Waals surface area contributed by atoms with Crippen LogP contribution >= 0.6 is 0 Å². The predicted octanol–water partition coefficient (Wildman–Crippen LogP) is 5.13. The average molecular weight is 293 g/mol. The molecule has 1 aromatic carbocycles. The summed E-state index contributed by atoms with van der Waals surface area (Å²) in [6.45, 7) is 3.10. The van der Waals surface area contributed by atoms with E-state index >= 15 is 0 Å². The molecule has 0 bridgehead atoms. The van der Waals surface area contributed by atoms with Crippen LogP contribution in [0.4, 0.5) is 0 Å². The summed E-state index contributed by atoms with van der Waals surface area (Å²) in [7, 11) is 0. The van der Waals surface area contributed by atoms with Gasteiger partial charge in [0, 0.05) is 12.1 Å². The van der Waals surface area contributed by atoms with Crippen molar-refractivity contribution in [3.8, 4) is 6.07 Å². The summed E-state index contributed by atoms with van der Waals surface area (Å²) in [6.07, 6.45) is 14.1. The van der Waals surface area contributed by atoms with Crippen molar-refractivity contribution in [1.82, 2.24) is 0 Å². The minimum Gasteiger partial charge on any atom is -0.399 e. The van der Waals surface area contributed by atoms with E-state index in [-0.39, 0.29) is 0 Å². The number of hydrogen-bond donors (Lipinski definition) is 1. The fourth-order valence-electron chi connectivity index (χ4n) is 2.31. The molecule has 1 aromatic rings. The highest BCUT2D eigenvalue weighted by Crippen LogP contribution is 2.17. The number of benzene rings is 1. The molecule has 0 saturated carbocycles. The first-order chi connectivity index (χ1) is 10.8. The number of rotatable bonds is 5. The molecule has 0 atom stereocenters. The van der Waals surface area contributed by atoms with Crippen LogP contribution in [0.3, 0.4) is 0 Å². The monoisotopic (exact) mass is 293 g/mol. The van der Waals surface area contributed by atoms with Crippen molar-refractivity contribution in [3.63, 3.8) is 0 Å². The molecule has 2 rings (SSSR count). The van der Waals surface area contributed by atoms with E-state index in [1.54, 1.807) is 0 Å². The van der Waals surface area contributed by atoms with Crippen molar-refractivity contribution < 1.29 is 0 Å². The second kappa shape index (κ2) is 8.89. The van der Waals surface area contributed by atoms with E-state index in [2.05, 4.69) is 54.3 Å². The molecule has 0 radical (unpaired) electrons. The van der Waals surface area contributed by atoms with Gasteiger partial charge in [-0.3, -0.25) is 0 Å². The molecule has 1 aliphatic carbocycles. The van der Waals surface area contributed by atoms with E-state index in [0.29, 0.717) is 0 Å². The van der Waals surface area contributed by atoms with Crippen LogP contribution in [0.15, 0.2) is 53.8 Å². The Morgan fingerprint density at radius 1 is 1.14 bits per heavy atom. The van der Waals surface area contributed by atoms with E-state index in [9.17, 15) is 0 Å². The Morgan fingerprint density at radius 3 is 2.64 bits per heavy atom. The number of allylic oxidation sites excluding steroid dienone is 4. The minimum absolute atomic E-state index is 0.845. The second-order valence-corrected chi connectivity index (χ2v) is 5.64. The molecule has 0 spiro atoms. The summed E-state index contributed by atoms with van der Waals surface area (Å²) < 4.78 is 0. The van der Waals surface area contributed by atoms with E-state index in [4.69, 9.17) is 5.73 Å². The molecule has 114 valence electrons. The van der Waals surface area contributed by atoms with Crippen molar-refractivity contribution >= 4 is 6.08 Å². The first-order valence-electron chi connectivity index (χ1n) is 8.15. The molecular weight excluding hydrogens is 268 g/mol. The van der Waals surface area contributed by atoms with Crippen molar-refractivity contribution in [2.24, 2.45) is 5.73 Å². The average Bonchev–Trinajstić information content (AvgIpc) is 2.54. The zero-order valence-electron chi connectivity index (χ0n) is 13.4. The fourth-order valence-corrected chi connectivity index (χ4v) is 2.31. The Labute approximate surface area is 133 Å². The molecule has 0 fully saturated rings. The van der Waals surface area contributed by atoms with Crippen LogP contribution in [0.25, 0.3) is 10.9 Å². The maximum absolute atomic E-state index is 5.72. The number of nitrogens with zero attached hydrogens (tertiary/aromatic N) is 1. The van der Waals surface area contributed by atoms with E-state index in [1.807, 2.05) is 12.2 Å². The fraction of sp³-hybridized carbons (Fsp3) is 0.350. The highest BCUT2D eigenvalue weighted by atomic mass is 14.6. The minimum atomic E-state index is 0.845. The van der Waals surface area contributed by atoms with Crippen molar-refractivity contribution in [2.45, 2.75) is 39.0 Å². The first-order valence-corrected chi connectivity index (χ1v) is 8.15. The number of unbranched alkanes of at least 4 members (excludes halogenated alkanes) is 3. The largest absolute Gasteiger partial charge is 0.399 e. The van der Waals surface area contributed by atoms with Gasteiger partial charge in [0.05, 0.1) is 0 Å². The Hall–Kier alpha value is -2.27. The van der Waals surface area contributed by atoms with Crippen molar-refractivity contribution in [1.29, 1.82) is 0 Å². The molecule has 0 unspecified atom stereocenters. The topological polar surface area (TPSA) is 30.4 Å². The molecule has 2 nitrogen and oxygen atoms in total. The van der Waals surface area contributed by atoms with Crippen LogP contribution in [0.1, 0.15) is 50.2 Å². The highest BCUT2D eigenvalue weighted by molar-refractivity contribution is 5.58. The molecule has 1 aliphatic rings. The van der Waals surface area contributed by atoms with Gasteiger partial charge in [0.15, 0.2) is 0 Å². The molecule has 0 amide bonds. The summed E-state index contributed by atoms with van der Waals surface area (Å²) in [5, 5.41) is 0. The molecule has 0 saturated heterocycles. The zero-order valence-corrected chi connectivity index (χ0v) is 13.4. The van der Waals surface area contributed by atoms with E-state index in [1.165, 1.54) is 30.4 Å². The van der Waals surface area contributed by atoms with Crippen LogP contribution in [-0.4, -0.2) is 6.54 Å². The van der Waals surface area contributed by atoms with Gasteiger partial charge in [-0.25, -0.2) is 0 Å². The standard InChI is InChI=1S/C20H25N2/c1-2-3-4-5-14-22-16-19-8-6-17(7-9-19)15-18-10-12-20(21)13-11-18/h6-10,12-13,15H,2-5,11,14,21H2,1H3/q+1. The third kappa shape index (κ3) is 5.61. The zero-order chi connectivity index (χ0) is 15.6. The van der Waals surface area contributed by atoms with Crippen LogP contribution in [0.5, 0.6) is 0 Å². The molecule has 2 N–H and O–H groups in total. The predicted molar refractivity (Wildman–Crippen MR) is 95.8 cm³/mol. The molecule has 0 aromatic heterocycles. The summed E-state index contributed by atoms with van der Waals surface area (Å²) in [4.78, 5) is 4.37. The van der Waals surface area contributed by atoms with Gasteiger partial charge in [0.1, 0.15) is 5.56 Å². The van der Waals surface area contributed by atoms with Crippen molar-refractivity contribution in [2.75, 3.05) is 6.54 Å². The van der Waals surface area contributed by atoms with Crippen LogP contribution in [0, 0.1) is 6.07 Å². The number of nitrogens with two attached hydrogens (primary N) is 1. The lowest BCUT2D eigenvalue weighted by molar-refractivity contribution is 0.693. The summed E-state index contributed by atoms with van der Waals surface area (Å²) in [5.74, 6) is 0. The Morgan fingerprint density at radius 2 is 1.95 bits per heavy atom. The third-order valence-corrected chi connectivity index (χ3v) is 3.66. The highest BCUT2D eigenvalue weighted by Gasteiger charge is 2.00. The van der Waals surface area contributed by atoms with Gasteiger partial charge in [-0.15, -0.1) is 0 Å². The molecule has 2 heteroatoms. The van der Waals surface area contributed by atoms with E-state index in [0.717, 1.165) is 30.6 Å². The summed E-state index contributed by atoms with van der Waals surface area (Å²) in [6, 6.07) is 11.5. The Kier molecular flexibility index (Phi) is 6.51.